The van der Waals surface area contributed by atoms with E-state index in [1.807, 2.05) is 11.4 Å². The van der Waals surface area contributed by atoms with Gasteiger partial charge in [-0.3, -0.25) is 4.79 Å². The minimum Gasteiger partial charge on any atom is -0.379 e. The molecule has 0 aliphatic carbocycles. The summed E-state index contributed by atoms with van der Waals surface area (Å²) in [7, 11) is 1.84. The van der Waals surface area contributed by atoms with Crippen LogP contribution in [0.25, 0.3) is 0 Å². The summed E-state index contributed by atoms with van der Waals surface area (Å²) in [6, 6.07) is 0. The first-order chi connectivity index (χ1) is 10.1. The van der Waals surface area contributed by atoms with E-state index >= 15 is 0 Å². The fraction of sp³-hybridized carbons (Fsp3) is 0.769. The van der Waals surface area contributed by atoms with Gasteiger partial charge < -0.3 is 14.2 Å². The van der Waals surface area contributed by atoms with Gasteiger partial charge in [0, 0.05) is 13.2 Å². The molecule has 0 atom stereocenters. The van der Waals surface area contributed by atoms with Crippen LogP contribution in [0.15, 0.2) is 9.40 Å². The van der Waals surface area contributed by atoms with Crippen LogP contribution < -0.4 is 0 Å². The first kappa shape index (κ1) is 21.2. The lowest BCUT2D eigenvalue weighted by Gasteiger charge is -2.14. The van der Waals surface area contributed by atoms with Crippen molar-refractivity contribution in [1.29, 1.82) is 0 Å². The molecular formula is C13H23Cl2NO4S. The fourth-order valence-corrected chi connectivity index (χ4v) is 2.23. The first-order valence-electron chi connectivity index (χ1n) is 6.74. The number of ether oxygens (including phenoxy) is 3. The second-order valence-electron chi connectivity index (χ2n) is 4.02. The molecule has 0 saturated carbocycles. The van der Waals surface area contributed by atoms with Gasteiger partial charge in [0.1, 0.15) is 9.40 Å². The molecule has 0 spiro atoms. The molecule has 0 heterocycles. The van der Waals surface area contributed by atoms with E-state index in [1.54, 1.807) is 0 Å². The van der Waals surface area contributed by atoms with E-state index in [-0.39, 0.29) is 9.40 Å². The van der Waals surface area contributed by atoms with E-state index in [9.17, 15) is 4.79 Å². The Morgan fingerprint density at radius 3 is 2.10 bits per heavy atom. The van der Waals surface area contributed by atoms with E-state index in [0.717, 1.165) is 13.0 Å². The Bertz CT molecular complexity index is 306. The number of hydrogen-bond donors (Lipinski definition) is 0. The quantitative estimate of drug-likeness (QED) is 0.205. The van der Waals surface area contributed by atoms with Gasteiger partial charge in [0.2, 0.25) is 0 Å². The summed E-state index contributed by atoms with van der Waals surface area (Å²) in [6.45, 7) is 6.33. The van der Waals surface area contributed by atoms with Gasteiger partial charge in [-0.2, -0.15) is 0 Å². The molecular weight excluding hydrogens is 337 g/mol. The summed E-state index contributed by atoms with van der Waals surface area (Å²) in [4.78, 5) is 10.4. The molecule has 0 amide bonds. The molecule has 0 N–H and O–H groups in total. The number of allylic oxidation sites excluding steroid dienone is 1. The monoisotopic (exact) mass is 359 g/mol. The highest BCUT2D eigenvalue weighted by molar-refractivity contribution is 8.02. The van der Waals surface area contributed by atoms with Crippen molar-refractivity contribution in [1.82, 2.24) is 4.31 Å². The van der Waals surface area contributed by atoms with Crippen LogP contribution in [-0.4, -0.2) is 63.8 Å². The number of halogens is 2. The van der Waals surface area contributed by atoms with Gasteiger partial charge in [-0.25, -0.2) is 4.31 Å². The SMILES string of the molecule is CCCOCCOCCOCCN(C)S/C(Cl)=C(/Cl)C=O. The summed E-state index contributed by atoms with van der Waals surface area (Å²) < 4.78 is 18.1. The largest absolute Gasteiger partial charge is 0.379 e. The van der Waals surface area contributed by atoms with Gasteiger partial charge >= 0.3 is 0 Å². The molecule has 0 radical (unpaired) electrons. The third-order valence-electron chi connectivity index (χ3n) is 2.17. The van der Waals surface area contributed by atoms with Crippen molar-refractivity contribution < 1.29 is 19.0 Å². The van der Waals surface area contributed by atoms with E-state index in [1.165, 1.54) is 11.9 Å². The molecule has 0 aromatic rings. The Balaban J connectivity index is 3.40. The highest BCUT2D eigenvalue weighted by atomic mass is 35.5. The number of hydrogen-bond acceptors (Lipinski definition) is 6. The minimum atomic E-state index is 0.00752. The number of carbonyl (C=O) groups excluding carboxylic acids is 1. The molecule has 21 heavy (non-hydrogen) atoms. The van der Waals surface area contributed by atoms with Gasteiger partial charge in [0.25, 0.3) is 0 Å². The van der Waals surface area contributed by atoms with Crippen molar-refractivity contribution in [3.8, 4) is 0 Å². The maximum atomic E-state index is 10.4. The van der Waals surface area contributed by atoms with Crippen molar-refractivity contribution >= 4 is 41.4 Å². The highest BCUT2D eigenvalue weighted by Crippen LogP contribution is 2.27. The number of rotatable bonds is 14. The molecule has 0 saturated heterocycles. The van der Waals surface area contributed by atoms with Crippen molar-refractivity contribution in [2.75, 3.05) is 53.2 Å². The van der Waals surface area contributed by atoms with Crippen LogP contribution in [0.1, 0.15) is 13.3 Å². The standard InChI is InChI=1S/C13H23Cl2NO4S/c1-3-5-18-7-9-20-10-8-19-6-4-16(2)21-13(15)12(14)11-17/h11H,3-10H2,1-2H3/b13-12+. The minimum absolute atomic E-state index is 0.00752. The predicted molar refractivity (Wildman–Crippen MR) is 87.8 cm³/mol. The van der Waals surface area contributed by atoms with Crippen molar-refractivity contribution in [3.63, 3.8) is 0 Å². The first-order valence-corrected chi connectivity index (χ1v) is 8.27. The normalized spacial score (nSPS) is 12.6. The van der Waals surface area contributed by atoms with Crippen molar-refractivity contribution in [2.24, 2.45) is 0 Å². The average Bonchev–Trinajstić information content (AvgIpc) is 2.48. The third kappa shape index (κ3) is 13.6. The second kappa shape index (κ2) is 15.1. The maximum absolute atomic E-state index is 10.4. The Kier molecular flexibility index (Phi) is 15.2. The molecule has 5 nitrogen and oxygen atoms in total. The van der Waals surface area contributed by atoms with Gasteiger partial charge in [0.05, 0.1) is 33.0 Å². The molecule has 0 unspecified atom stereocenters. The van der Waals surface area contributed by atoms with Gasteiger partial charge in [0.15, 0.2) is 6.29 Å². The molecule has 0 aliphatic rings. The van der Waals surface area contributed by atoms with Crippen molar-refractivity contribution in [2.45, 2.75) is 13.3 Å². The van der Waals surface area contributed by atoms with E-state index in [4.69, 9.17) is 37.4 Å². The summed E-state index contributed by atoms with van der Waals surface area (Å²) in [5.41, 5.74) is 0. The van der Waals surface area contributed by atoms with Crippen LogP contribution in [-0.2, 0) is 19.0 Å². The summed E-state index contributed by atoms with van der Waals surface area (Å²) in [6.07, 6.45) is 1.54. The zero-order valence-electron chi connectivity index (χ0n) is 12.5. The Labute approximate surface area is 141 Å². The highest BCUT2D eigenvalue weighted by Gasteiger charge is 2.06. The molecule has 0 fully saturated rings. The molecule has 0 rings (SSSR count). The zero-order valence-corrected chi connectivity index (χ0v) is 14.8. The predicted octanol–water partition coefficient (Wildman–Crippen LogP) is 2.87. The van der Waals surface area contributed by atoms with Crippen LogP contribution in [0.2, 0.25) is 0 Å². The lowest BCUT2D eigenvalue weighted by molar-refractivity contribution is -0.104. The smallest absolute Gasteiger partial charge is 0.163 e. The molecule has 0 bridgehead atoms. The van der Waals surface area contributed by atoms with Crippen LogP contribution in [0.4, 0.5) is 0 Å². The number of aldehydes is 1. The average molecular weight is 360 g/mol. The second-order valence-corrected chi connectivity index (χ2v) is 6.24. The van der Waals surface area contributed by atoms with Gasteiger partial charge in [-0.05, 0) is 25.4 Å². The third-order valence-corrected chi connectivity index (χ3v) is 3.94. The Morgan fingerprint density at radius 2 is 1.57 bits per heavy atom. The number of carbonyl (C=O) groups is 1. The van der Waals surface area contributed by atoms with E-state index in [0.29, 0.717) is 45.9 Å². The summed E-state index contributed by atoms with van der Waals surface area (Å²) >= 11 is 12.6. The van der Waals surface area contributed by atoms with E-state index < -0.39 is 0 Å². The van der Waals surface area contributed by atoms with Crippen LogP contribution >= 0.6 is 35.1 Å². The maximum Gasteiger partial charge on any atom is 0.163 e. The van der Waals surface area contributed by atoms with Gasteiger partial charge in [-0.15, -0.1) is 0 Å². The molecule has 8 heteroatoms. The Hall–Kier alpha value is 0.180. The molecule has 0 aliphatic heterocycles. The molecule has 0 aromatic heterocycles. The number of likely N-dealkylation sites (N-methyl/N-ethyl adjacent to an activating group) is 1. The molecule has 0 aromatic carbocycles. The lowest BCUT2D eigenvalue weighted by atomic mass is 10.5. The number of nitrogens with zero attached hydrogens (tertiary/aromatic N) is 1. The lowest BCUT2D eigenvalue weighted by Crippen LogP contribution is -2.18. The zero-order chi connectivity index (χ0) is 15.9. The van der Waals surface area contributed by atoms with Crippen LogP contribution in [0.3, 0.4) is 0 Å². The van der Waals surface area contributed by atoms with E-state index in [2.05, 4.69) is 6.92 Å². The topological polar surface area (TPSA) is 48.0 Å². The van der Waals surface area contributed by atoms with Gasteiger partial charge in [-0.1, -0.05) is 30.1 Å². The Morgan fingerprint density at radius 1 is 1.05 bits per heavy atom. The van der Waals surface area contributed by atoms with Crippen LogP contribution in [0, 0.1) is 0 Å². The molecule has 124 valence electrons. The summed E-state index contributed by atoms with van der Waals surface area (Å²) in [5.74, 6) is 0. The fourth-order valence-electron chi connectivity index (χ4n) is 1.15. The van der Waals surface area contributed by atoms with Crippen LogP contribution in [0.5, 0.6) is 0 Å². The van der Waals surface area contributed by atoms with Crippen molar-refractivity contribution in [3.05, 3.63) is 9.40 Å². The summed E-state index contributed by atoms with van der Waals surface area (Å²) in [5, 5.41) is 0.00752.